The Morgan fingerprint density at radius 1 is 0.333 bits per heavy atom. The SMILES string of the molecule is CCCCCCCCCCCCC(CCCCCCCC)(CCCCCCCCCCCC)C(O)O. The van der Waals surface area contributed by atoms with Crippen molar-refractivity contribution in [2.75, 3.05) is 0 Å². The average molecular weight is 511 g/mol. The standard InChI is InChI=1S/C34H70O2/c1-4-7-10-13-16-18-20-22-25-28-31-34(33(35)36,30-27-24-15-12-9-6-3)32-29-26-23-21-19-17-14-11-8-5-2/h33,35-36H,4-32H2,1-3H3. The summed E-state index contributed by atoms with van der Waals surface area (Å²) in [5.41, 5.74) is -0.259. The number of aliphatic hydroxyl groups is 2. The fourth-order valence-corrected chi connectivity index (χ4v) is 5.95. The first-order valence-electron chi connectivity index (χ1n) is 17.0. The number of rotatable bonds is 30. The second-order valence-corrected chi connectivity index (χ2v) is 12.1. The van der Waals surface area contributed by atoms with E-state index in [1.54, 1.807) is 0 Å². The van der Waals surface area contributed by atoms with Gasteiger partial charge in [0.25, 0.3) is 0 Å². The van der Waals surface area contributed by atoms with Crippen LogP contribution in [-0.2, 0) is 0 Å². The molecule has 0 radical (unpaired) electrons. The molecule has 0 fully saturated rings. The smallest absolute Gasteiger partial charge is 0.157 e. The Morgan fingerprint density at radius 3 is 0.722 bits per heavy atom. The Kier molecular flexibility index (Phi) is 27.9. The molecule has 0 atom stereocenters. The van der Waals surface area contributed by atoms with Crippen LogP contribution in [0, 0.1) is 5.41 Å². The summed E-state index contributed by atoms with van der Waals surface area (Å²) in [4.78, 5) is 0. The molecule has 0 aromatic rings. The van der Waals surface area contributed by atoms with E-state index >= 15 is 0 Å². The van der Waals surface area contributed by atoms with Crippen LogP contribution in [0.2, 0.25) is 0 Å². The molecule has 0 rings (SSSR count). The summed E-state index contributed by atoms with van der Waals surface area (Å²) >= 11 is 0. The van der Waals surface area contributed by atoms with E-state index in [4.69, 9.17) is 0 Å². The summed E-state index contributed by atoms with van der Waals surface area (Å²) in [6.45, 7) is 6.84. The third-order valence-electron chi connectivity index (χ3n) is 8.63. The molecule has 0 unspecified atom stereocenters. The van der Waals surface area contributed by atoms with Gasteiger partial charge in [-0.05, 0) is 19.3 Å². The van der Waals surface area contributed by atoms with Gasteiger partial charge in [-0.2, -0.15) is 0 Å². The minimum absolute atomic E-state index is 0.259. The van der Waals surface area contributed by atoms with E-state index in [0.717, 1.165) is 25.7 Å². The van der Waals surface area contributed by atoms with E-state index in [0.29, 0.717) is 0 Å². The van der Waals surface area contributed by atoms with Crippen molar-refractivity contribution < 1.29 is 10.2 Å². The predicted octanol–water partition coefficient (Wildman–Crippen LogP) is 11.7. The Balaban J connectivity index is 4.33. The van der Waals surface area contributed by atoms with Gasteiger partial charge >= 0.3 is 0 Å². The van der Waals surface area contributed by atoms with Crippen molar-refractivity contribution in [2.24, 2.45) is 5.41 Å². The van der Waals surface area contributed by atoms with Crippen molar-refractivity contribution in [3.63, 3.8) is 0 Å². The molecule has 2 nitrogen and oxygen atoms in total. The minimum Gasteiger partial charge on any atom is -0.368 e. The van der Waals surface area contributed by atoms with Crippen molar-refractivity contribution in [1.82, 2.24) is 0 Å². The molecule has 0 aliphatic carbocycles. The highest BCUT2D eigenvalue weighted by atomic mass is 16.5. The second-order valence-electron chi connectivity index (χ2n) is 12.1. The monoisotopic (exact) mass is 511 g/mol. The third kappa shape index (κ3) is 22.0. The molecule has 0 amide bonds. The van der Waals surface area contributed by atoms with E-state index in [2.05, 4.69) is 20.8 Å². The highest BCUT2D eigenvalue weighted by Crippen LogP contribution is 2.40. The van der Waals surface area contributed by atoms with Gasteiger partial charge in [0.05, 0.1) is 0 Å². The second kappa shape index (κ2) is 27.9. The van der Waals surface area contributed by atoms with Crippen LogP contribution in [0.4, 0.5) is 0 Å². The highest BCUT2D eigenvalue weighted by molar-refractivity contribution is 4.82. The molecule has 0 aromatic carbocycles. The van der Waals surface area contributed by atoms with Crippen molar-refractivity contribution >= 4 is 0 Å². The number of hydrogen-bond donors (Lipinski definition) is 2. The Bertz CT molecular complexity index is 382. The lowest BCUT2D eigenvalue weighted by Gasteiger charge is -2.36. The highest BCUT2D eigenvalue weighted by Gasteiger charge is 2.35. The Labute approximate surface area is 228 Å². The summed E-state index contributed by atoms with van der Waals surface area (Å²) in [6.07, 6.45) is 36.4. The van der Waals surface area contributed by atoms with Crippen molar-refractivity contribution in [1.29, 1.82) is 0 Å². The molecule has 218 valence electrons. The summed E-state index contributed by atoms with van der Waals surface area (Å²) < 4.78 is 0. The lowest BCUT2D eigenvalue weighted by molar-refractivity contribution is -0.147. The van der Waals surface area contributed by atoms with E-state index < -0.39 is 6.29 Å². The normalized spacial score (nSPS) is 12.2. The third-order valence-corrected chi connectivity index (χ3v) is 8.63. The predicted molar refractivity (Wildman–Crippen MR) is 162 cm³/mol. The summed E-state index contributed by atoms with van der Waals surface area (Å²) in [7, 11) is 0. The van der Waals surface area contributed by atoms with Gasteiger partial charge in [-0.1, -0.05) is 188 Å². The molecule has 36 heavy (non-hydrogen) atoms. The van der Waals surface area contributed by atoms with Gasteiger partial charge in [-0.25, -0.2) is 0 Å². The molecule has 0 saturated heterocycles. The molecule has 2 heteroatoms. The summed E-state index contributed by atoms with van der Waals surface area (Å²) in [5, 5.41) is 21.1. The molecule has 0 heterocycles. The molecule has 0 bridgehead atoms. The molecular weight excluding hydrogens is 440 g/mol. The topological polar surface area (TPSA) is 40.5 Å². The summed E-state index contributed by atoms with van der Waals surface area (Å²) in [5.74, 6) is 0. The first kappa shape index (κ1) is 35.9. The van der Waals surface area contributed by atoms with Crippen LogP contribution in [0.5, 0.6) is 0 Å². The van der Waals surface area contributed by atoms with Gasteiger partial charge in [0.15, 0.2) is 6.29 Å². The number of aliphatic hydroxyl groups excluding tert-OH is 1. The van der Waals surface area contributed by atoms with E-state index in [-0.39, 0.29) is 5.41 Å². The lowest BCUT2D eigenvalue weighted by Crippen LogP contribution is -2.35. The maximum atomic E-state index is 10.5. The fraction of sp³-hybridized carbons (Fsp3) is 1.00. The molecule has 0 spiro atoms. The number of hydrogen-bond acceptors (Lipinski definition) is 2. The zero-order valence-corrected chi connectivity index (χ0v) is 25.5. The first-order chi connectivity index (χ1) is 17.6. The van der Waals surface area contributed by atoms with Crippen LogP contribution in [0.1, 0.15) is 207 Å². The van der Waals surface area contributed by atoms with Crippen LogP contribution < -0.4 is 0 Å². The van der Waals surface area contributed by atoms with Crippen molar-refractivity contribution in [3.8, 4) is 0 Å². The molecule has 0 aromatic heterocycles. The maximum absolute atomic E-state index is 10.5. The number of unbranched alkanes of at least 4 members (excludes halogenated alkanes) is 23. The lowest BCUT2D eigenvalue weighted by atomic mass is 9.73. The van der Waals surface area contributed by atoms with Gasteiger partial charge in [-0.15, -0.1) is 0 Å². The van der Waals surface area contributed by atoms with Gasteiger partial charge in [-0.3, -0.25) is 0 Å². The minimum atomic E-state index is -1.15. The fourth-order valence-electron chi connectivity index (χ4n) is 5.95. The van der Waals surface area contributed by atoms with Crippen LogP contribution in [0.3, 0.4) is 0 Å². The zero-order valence-electron chi connectivity index (χ0n) is 25.5. The van der Waals surface area contributed by atoms with Crippen LogP contribution in [0.15, 0.2) is 0 Å². The zero-order chi connectivity index (χ0) is 26.6. The molecule has 0 saturated carbocycles. The van der Waals surface area contributed by atoms with Gasteiger partial charge < -0.3 is 10.2 Å². The average Bonchev–Trinajstić information content (AvgIpc) is 2.87. The van der Waals surface area contributed by atoms with Crippen LogP contribution in [0.25, 0.3) is 0 Å². The largest absolute Gasteiger partial charge is 0.368 e. The molecule has 0 aliphatic rings. The van der Waals surface area contributed by atoms with Crippen LogP contribution in [-0.4, -0.2) is 16.5 Å². The van der Waals surface area contributed by atoms with Gasteiger partial charge in [0, 0.05) is 5.41 Å². The maximum Gasteiger partial charge on any atom is 0.157 e. The quantitative estimate of drug-likeness (QED) is 0.0745. The van der Waals surface area contributed by atoms with E-state index in [1.165, 1.54) is 161 Å². The van der Waals surface area contributed by atoms with Crippen molar-refractivity contribution in [2.45, 2.75) is 213 Å². The molecule has 0 aliphatic heterocycles. The van der Waals surface area contributed by atoms with Gasteiger partial charge in [0.1, 0.15) is 0 Å². The summed E-state index contributed by atoms with van der Waals surface area (Å²) in [6, 6.07) is 0. The van der Waals surface area contributed by atoms with Gasteiger partial charge in [0.2, 0.25) is 0 Å². The van der Waals surface area contributed by atoms with E-state index in [1.807, 2.05) is 0 Å². The van der Waals surface area contributed by atoms with Crippen LogP contribution >= 0.6 is 0 Å². The molecule has 2 N–H and O–H groups in total. The molecular formula is C34H70O2. The first-order valence-corrected chi connectivity index (χ1v) is 17.0. The van der Waals surface area contributed by atoms with Crippen molar-refractivity contribution in [3.05, 3.63) is 0 Å². The Hall–Kier alpha value is -0.0800. The van der Waals surface area contributed by atoms with E-state index in [9.17, 15) is 10.2 Å². The Morgan fingerprint density at radius 2 is 0.528 bits per heavy atom.